The van der Waals surface area contributed by atoms with Crippen LogP contribution in [-0.4, -0.2) is 37.9 Å². The number of hydrogen-bond donors (Lipinski definition) is 0. The molecule has 0 bridgehead atoms. The van der Waals surface area contributed by atoms with Gasteiger partial charge in [-0.25, -0.2) is 9.59 Å². The second-order valence-corrected chi connectivity index (χ2v) is 9.00. The van der Waals surface area contributed by atoms with E-state index < -0.39 is 11.9 Å². The van der Waals surface area contributed by atoms with Crippen LogP contribution in [0.3, 0.4) is 0 Å². The highest BCUT2D eigenvalue weighted by Gasteiger charge is 2.14. The Balaban J connectivity index is 3.46. The molecule has 0 aromatic carbocycles. The topological polar surface area (TPSA) is 61.8 Å². The molecule has 0 saturated heterocycles. The van der Waals surface area contributed by atoms with E-state index in [1.165, 1.54) is 70.6 Å². The second kappa shape index (κ2) is 24.5. The zero-order valence-corrected chi connectivity index (χ0v) is 21.5. The lowest BCUT2D eigenvalue weighted by molar-refractivity contribution is -0.159. The van der Waals surface area contributed by atoms with E-state index in [4.69, 9.17) is 14.2 Å². The molecule has 5 nitrogen and oxygen atoms in total. The number of unbranched alkanes of at least 4 members (excludes halogenated alkanes) is 13. The van der Waals surface area contributed by atoms with Gasteiger partial charge in [0.25, 0.3) is 0 Å². The van der Waals surface area contributed by atoms with Gasteiger partial charge in [-0.1, -0.05) is 117 Å². The van der Waals surface area contributed by atoms with Crippen LogP contribution < -0.4 is 0 Å². The van der Waals surface area contributed by atoms with Crippen LogP contribution in [0.4, 0.5) is 0 Å². The highest BCUT2D eigenvalue weighted by Crippen LogP contribution is 2.13. The van der Waals surface area contributed by atoms with Gasteiger partial charge in [0.15, 0.2) is 0 Å². The maximum absolute atomic E-state index is 11.9. The SMILES string of the molecule is CCCCCCCCCCCCCCCOC(=O)COCC(=O)OC(CCC)CCCC. The smallest absolute Gasteiger partial charge is 0.332 e. The van der Waals surface area contributed by atoms with E-state index >= 15 is 0 Å². The van der Waals surface area contributed by atoms with Crippen molar-refractivity contribution in [3.63, 3.8) is 0 Å². The first kappa shape index (κ1) is 30.9. The van der Waals surface area contributed by atoms with E-state index in [9.17, 15) is 9.59 Å². The summed E-state index contributed by atoms with van der Waals surface area (Å²) >= 11 is 0. The molecule has 0 N–H and O–H groups in total. The van der Waals surface area contributed by atoms with Gasteiger partial charge >= 0.3 is 11.9 Å². The first-order valence-electron chi connectivity index (χ1n) is 13.6. The number of hydrogen-bond acceptors (Lipinski definition) is 5. The Morgan fingerprint density at radius 2 is 1.06 bits per heavy atom. The molecule has 0 aliphatic carbocycles. The molecule has 0 spiro atoms. The van der Waals surface area contributed by atoms with Crippen molar-refractivity contribution in [3.05, 3.63) is 0 Å². The van der Waals surface area contributed by atoms with E-state index in [1.807, 2.05) is 0 Å². The van der Waals surface area contributed by atoms with Crippen LogP contribution in [0, 0.1) is 0 Å². The van der Waals surface area contributed by atoms with Crippen LogP contribution in [0.1, 0.15) is 136 Å². The Bertz CT molecular complexity index is 424. The Morgan fingerprint density at radius 3 is 1.59 bits per heavy atom. The fraction of sp³-hybridized carbons (Fsp3) is 0.926. The Morgan fingerprint density at radius 1 is 0.562 bits per heavy atom. The summed E-state index contributed by atoms with van der Waals surface area (Å²) in [5.74, 6) is -0.809. The van der Waals surface area contributed by atoms with Crippen molar-refractivity contribution in [2.24, 2.45) is 0 Å². The van der Waals surface area contributed by atoms with E-state index in [0.29, 0.717) is 6.61 Å². The van der Waals surface area contributed by atoms with Gasteiger partial charge in [0.2, 0.25) is 0 Å². The zero-order valence-electron chi connectivity index (χ0n) is 21.5. The minimum atomic E-state index is -0.409. The lowest BCUT2D eigenvalue weighted by Crippen LogP contribution is -2.23. The highest BCUT2D eigenvalue weighted by atomic mass is 16.6. The molecule has 0 saturated carbocycles. The first-order valence-corrected chi connectivity index (χ1v) is 13.6. The summed E-state index contributed by atoms with van der Waals surface area (Å²) in [5.41, 5.74) is 0. The van der Waals surface area contributed by atoms with Crippen molar-refractivity contribution in [2.45, 2.75) is 142 Å². The summed E-state index contributed by atoms with van der Waals surface area (Å²) < 4.78 is 15.8. The van der Waals surface area contributed by atoms with Gasteiger partial charge in [-0.05, 0) is 19.3 Å². The molecule has 0 fully saturated rings. The van der Waals surface area contributed by atoms with E-state index in [2.05, 4.69) is 20.8 Å². The molecule has 0 aliphatic rings. The molecule has 0 heterocycles. The molecule has 0 rings (SSSR count). The summed E-state index contributed by atoms with van der Waals surface area (Å²) in [6, 6.07) is 0. The van der Waals surface area contributed by atoms with Crippen LogP contribution in [0.15, 0.2) is 0 Å². The number of esters is 2. The van der Waals surface area contributed by atoms with Crippen LogP contribution in [0.2, 0.25) is 0 Å². The van der Waals surface area contributed by atoms with Gasteiger partial charge in [-0.15, -0.1) is 0 Å². The number of carbonyl (C=O) groups excluding carboxylic acids is 2. The van der Waals surface area contributed by atoms with Gasteiger partial charge < -0.3 is 14.2 Å². The fourth-order valence-corrected chi connectivity index (χ4v) is 3.80. The fourth-order valence-electron chi connectivity index (χ4n) is 3.80. The third kappa shape index (κ3) is 22.1. The summed E-state index contributed by atoms with van der Waals surface area (Å²) in [6.45, 7) is 6.51. The zero-order chi connectivity index (χ0) is 23.7. The van der Waals surface area contributed by atoms with Crippen LogP contribution >= 0.6 is 0 Å². The predicted molar refractivity (Wildman–Crippen MR) is 132 cm³/mol. The number of rotatable bonds is 24. The van der Waals surface area contributed by atoms with Crippen LogP contribution in [-0.2, 0) is 23.8 Å². The molecule has 32 heavy (non-hydrogen) atoms. The van der Waals surface area contributed by atoms with Crippen molar-refractivity contribution in [1.29, 1.82) is 0 Å². The van der Waals surface area contributed by atoms with Gasteiger partial charge in [0.05, 0.1) is 6.61 Å². The summed E-state index contributed by atoms with van der Waals surface area (Å²) in [6.07, 6.45) is 21.6. The second-order valence-electron chi connectivity index (χ2n) is 9.00. The van der Waals surface area contributed by atoms with Crippen molar-refractivity contribution >= 4 is 11.9 Å². The first-order chi connectivity index (χ1) is 15.6. The average molecular weight is 457 g/mol. The van der Waals surface area contributed by atoms with Gasteiger partial charge in [-0.2, -0.15) is 0 Å². The number of ether oxygens (including phenoxy) is 3. The predicted octanol–water partition coefficient (Wildman–Crippen LogP) is 7.54. The summed E-state index contributed by atoms with van der Waals surface area (Å²) in [4.78, 5) is 23.6. The lowest BCUT2D eigenvalue weighted by Gasteiger charge is -2.16. The number of carbonyl (C=O) groups is 2. The maximum Gasteiger partial charge on any atom is 0.332 e. The monoisotopic (exact) mass is 456 g/mol. The minimum Gasteiger partial charge on any atom is -0.464 e. The summed E-state index contributed by atoms with van der Waals surface area (Å²) in [5, 5.41) is 0. The molecular formula is C27H52O5. The Kier molecular flexibility index (Phi) is 23.7. The molecular weight excluding hydrogens is 404 g/mol. The van der Waals surface area contributed by atoms with Crippen molar-refractivity contribution in [2.75, 3.05) is 19.8 Å². The molecule has 190 valence electrons. The maximum atomic E-state index is 11.9. The van der Waals surface area contributed by atoms with Crippen LogP contribution in [0.5, 0.6) is 0 Å². The lowest BCUT2D eigenvalue weighted by atomic mass is 10.0. The third-order valence-electron chi connectivity index (χ3n) is 5.74. The third-order valence-corrected chi connectivity index (χ3v) is 5.74. The Hall–Kier alpha value is -1.10. The summed E-state index contributed by atoms with van der Waals surface area (Å²) in [7, 11) is 0. The molecule has 0 aliphatic heterocycles. The molecule has 1 unspecified atom stereocenters. The van der Waals surface area contributed by atoms with Crippen molar-refractivity contribution in [1.82, 2.24) is 0 Å². The van der Waals surface area contributed by atoms with Crippen molar-refractivity contribution < 1.29 is 23.8 Å². The largest absolute Gasteiger partial charge is 0.464 e. The normalized spacial score (nSPS) is 12.0. The van der Waals surface area contributed by atoms with Gasteiger partial charge in [-0.3, -0.25) is 0 Å². The average Bonchev–Trinajstić information content (AvgIpc) is 2.77. The van der Waals surface area contributed by atoms with Gasteiger partial charge in [0.1, 0.15) is 19.3 Å². The molecule has 0 radical (unpaired) electrons. The molecule has 0 aromatic heterocycles. The van der Waals surface area contributed by atoms with Crippen LogP contribution in [0.25, 0.3) is 0 Å². The quantitative estimate of drug-likeness (QED) is 0.111. The molecule has 5 heteroatoms. The van der Waals surface area contributed by atoms with E-state index in [0.717, 1.165) is 44.9 Å². The Labute approximate surface area is 198 Å². The van der Waals surface area contributed by atoms with Gasteiger partial charge in [0, 0.05) is 0 Å². The van der Waals surface area contributed by atoms with E-state index in [-0.39, 0.29) is 19.3 Å². The minimum absolute atomic E-state index is 0.0430. The molecule has 0 amide bonds. The standard InChI is InChI=1S/C27H52O5/c1-4-7-9-10-11-12-13-14-15-16-17-18-19-22-31-26(28)23-30-24-27(29)32-25(20-6-3)21-8-5-2/h25H,4-24H2,1-3H3. The van der Waals surface area contributed by atoms with Crippen molar-refractivity contribution in [3.8, 4) is 0 Å². The molecule has 0 aromatic rings. The molecule has 1 atom stereocenters. The highest BCUT2D eigenvalue weighted by molar-refractivity contribution is 5.73. The van der Waals surface area contributed by atoms with E-state index in [1.54, 1.807) is 0 Å².